The van der Waals surface area contributed by atoms with Gasteiger partial charge in [0.15, 0.2) is 5.01 Å². The van der Waals surface area contributed by atoms with Crippen LogP contribution in [0, 0.1) is 0 Å². The highest BCUT2D eigenvalue weighted by molar-refractivity contribution is 7.14. The molecule has 0 spiro atoms. The Morgan fingerprint density at radius 2 is 2.30 bits per heavy atom. The van der Waals surface area contributed by atoms with Crippen molar-refractivity contribution in [1.82, 2.24) is 15.3 Å². The number of anilines is 1. The number of carbonyl (C=O) groups excluding carboxylic acids is 2. The van der Waals surface area contributed by atoms with Gasteiger partial charge in [-0.05, 0) is 30.9 Å². The van der Waals surface area contributed by atoms with E-state index in [4.69, 9.17) is 0 Å². The first kappa shape index (κ1) is 15.6. The molecule has 0 saturated heterocycles. The van der Waals surface area contributed by atoms with E-state index in [1.165, 1.54) is 18.3 Å². The van der Waals surface area contributed by atoms with Crippen molar-refractivity contribution in [1.29, 1.82) is 0 Å². The minimum absolute atomic E-state index is 0.0280. The Balaban J connectivity index is 1.63. The molecule has 0 saturated carbocycles. The summed E-state index contributed by atoms with van der Waals surface area (Å²) in [6, 6.07) is 3.86. The Bertz CT molecular complexity index is 714. The summed E-state index contributed by atoms with van der Waals surface area (Å²) in [6.45, 7) is 2.74. The molecular weight excluding hydrogens is 312 g/mol. The van der Waals surface area contributed by atoms with E-state index in [1.54, 1.807) is 17.3 Å². The fourth-order valence-electron chi connectivity index (χ4n) is 2.57. The number of hydrogen-bond donors (Lipinski definition) is 1. The molecule has 0 aliphatic carbocycles. The Morgan fingerprint density at radius 3 is 3.04 bits per heavy atom. The number of carbonyl (C=O) groups is 2. The molecule has 1 aliphatic rings. The SMILES string of the molecule is CC(=O)N1CCCc2sc(C(=O)NCCc3cccnc3)nc21. The van der Waals surface area contributed by atoms with Gasteiger partial charge in [0.05, 0.1) is 0 Å². The first-order valence-corrected chi connectivity index (χ1v) is 8.41. The van der Waals surface area contributed by atoms with Crippen molar-refractivity contribution in [2.75, 3.05) is 18.0 Å². The lowest BCUT2D eigenvalue weighted by molar-refractivity contribution is -0.116. The van der Waals surface area contributed by atoms with E-state index in [2.05, 4.69) is 15.3 Å². The average Bonchev–Trinajstić information content (AvgIpc) is 2.99. The summed E-state index contributed by atoms with van der Waals surface area (Å²) in [5.41, 5.74) is 1.08. The number of nitrogens with one attached hydrogen (secondary N) is 1. The summed E-state index contributed by atoms with van der Waals surface area (Å²) in [7, 11) is 0. The number of aryl methyl sites for hydroxylation is 1. The van der Waals surface area contributed by atoms with Gasteiger partial charge in [-0.15, -0.1) is 11.3 Å². The summed E-state index contributed by atoms with van der Waals surface area (Å²) in [5, 5.41) is 3.30. The van der Waals surface area contributed by atoms with Crippen LogP contribution in [0.5, 0.6) is 0 Å². The van der Waals surface area contributed by atoms with Crippen molar-refractivity contribution in [3.8, 4) is 0 Å². The third kappa shape index (κ3) is 3.56. The molecule has 2 amide bonds. The Labute approximate surface area is 138 Å². The molecular formula is C16H18N4O2S. The summed E-state index contributed by atoms with van der Waals surface area (Å²) in [6.07, 6.45) is 6.03. The number of nitrogens with zero attached hydrogens (tertiary/aromatic N) is 3. The van der Waals surface area contributed by atoms with Crippen LogP contribution in [0.1, 0.15) is 33.6 Å². The fourth-order valence-corrected chi connectivity index (χ4v) is 3.59. The molecule has 0 bridgehead atoms. The van der Waals surface area contributed by atoms with Crippen molar-refractivity contribution in [3.63, 3.8) is 0 Å². The van der Waals surface area contributed by atoms with Gasteiger partial charge in [-0.25, -0.2) is 4.98 Å². The van der Waals surface area contributed by atoms with Gasteiger partial charge in [0.25, 0.3) is 5.91 Å². The molecule has 2 aromatic heterocycles. The van der Waals surface area contributed by atoms with Crippen molar-refractivity contribution in [2.45, 2.75) is 26.2 Å². The van der Waals surface area contributed by atoms with Crippen LogP contribution in [0.15, 0.2) is 24.5 Å². The minimum atomic E-state index is -0.184. The van der Waals surface area contributed by atoms with Gasteiger partial charge >= 0.3 is 0 Å². The number of pyridine rings is 1. The van der Waals surface area contributed by atoms with Crippen LogP contribution in [0.2, 0.25) is 0 Å². The molecule has 3 heterocycles. The third-order valence-corrected chi connectivity index (χ3v) is 4.82. The van der Waals surface area contributed by atoms with Gasteiger partial charge in [-0.1, -0.05) is 6.07 Å². The van der Waals surface area contributed by atoms with Crippen LogP contribution in [0.25, 0.3) is 0 Å². The van der Waals surface area contributed by atoms with Crippen LogP contribution < -0.4 is 10.2 Å². The molecule has 0 radical (unpaired) electrons. The molecule has 0 fully saturated rings. The highest BCUT2D eigenvalue weighted by Crippen LogP contribution is 2.31. The number of hydrogen-bond acceptors (Lipinski definition) is 5. The lowest BCUT2D eigenvalue weighted by atomic mass is 10.2. The first-order valence-electron chi connectivity index (χ1n) is 7.60. The maximum Gasteiger partial charge on any atom is 0.280 e. The van der Waals surface area contributed by atoms with E-state index in [0.717, 1.165) is 29.7 Å². The van der Waals surface area contributed by atoms with Crippen LogP contribution in [-0.4, -0.2) is 34.9 Å². The zero-order valence-corrected chi connectivity index (χ0v) is 13.7. The van der Waals surface area contributed by atoms with Crippen LogP contribution in [-0.2, 0) is 17.6 Å². The van der Waals surface area contributed by atoms with Crippen LogP contribution in [0.4, 0.5) is 5.82 Å². The van der Waals surface area contributed by atoms with Crippen molar-refractivity contribution in [2.24, 2.45) is 0 Å². The van der Waals surface area contributed by atoms with Gasteiger partial charge < -0.3 is 5.32 Å². The monoisotopic (exact) mass is 330 g/mol. The molecule has 23 heavy (non-hydrogen) atoms. The largest absolute Gasteiger partial charge is 0.350 e. The van der Waals surface area contributed by atoms with Crippen molar-refractivity contribution in [3.05, 3.63) is 40.0 Å². The van der Waals surface area contributed by atoms with Gasteiger partial charge in [-0.2, -0.15) is 0 Å². The van der Waals surface area contributed by atoms with Crippen molar-refractivity contribution >= 4 is 29.0 Å². The second kappa shape index (κ2) is 6.87. The third-order valence-electron chi connectivity index (χ3n) is 3.71. The van der Waals surface area contributed by atoms with E-state index in [-0.39, 0.29) is 11.8 Å². The Hall–Kier alpha value is -2.28. The molecule has 0 atom stereocenters. The van der Waals surface area contributed by atoms with Crippen LogP contribution in [0.3, 0.4) is 0 Å². The summed E-state index contributed by atoms with van der Waals surface area (Å²) in [4.78, 5) is 35.0. The molecule has 2 aromatic rings. The quantitative estimate of drug-likeness (QED) is 0.928. The normalized spacial score (nSPS) is 13.5. The standard InChI is InChI=1S/C16H18N4O2S/c1-11(21)20-9-3-5-13-14(20)19-16(23-13)15(22)18-8-6-12-4-2-7-17-10-12/h2,4,7,10H,3,5-6,8-9H2,1H3,(H,18,22). The molecule has 3 rings (SSSR count). The highest BCUT2D eigenvalue weighted by atomic mass is 32.1. The predicted molar refractivity (Wildman–Crippen MR) is 88.7 cm³/mol. The molecule has 6 nitrogen and oxygen atoms in total. The van der Waals surface area contributed by atoms with Gasteiger partial charge in [0.2, 0.25) is 5.91 Å². The lowest BCUT2D eigenvalue weighted by Gasteiger charge is -2.23. The maximum atomic E-state index is 12.2. The summed E-state index contributed by atoms with van der Waals surface area (Å²) in [5.74, 6) is 0.447. The van der Waals surface area contributed by atoms with E-state index in [9.17, 15) is 9.59 Å². The predicted octanol–water partition coefficient (Wildman–Crippen LogP) is 1.81. The molecule has 1 N–H and O–H groups in total. The van der Waals surface area contributed by atoms with E-state index < -0.39 is 0 Å². The fraction of sp³-hybridized carbons (Fsp3) is 0.375. The number of thiazole rings is 1. The van der Waals surface area contributed by atoms with Gasteiger partial charge in [0, 0.05) is 37.3 Å². The molecule has 0 aromatic carbocycles. The van der Waals surface area contributed by atoms with E-state index in [0.29, 0.717) is 23.9 Å². The van der Waals surface area contributed by atoms with Gasteiger partial charge in [-0.3, -0.25) is 19.5 Å². The van der Waals surface area contributed by atoms with Crippen LogP contribution >= 0.6 is 11.3 Å². The number of aromatic nitrogens is 2. The Morgan fingerprint density at radius 1 is 1.43 bits per heavy atom. The topological polar surface area (TPSA) is 75.2 Å². The minimum Gasteiger partial charge on any atom is -0.350 e. The Kier molecular flexibility index (Phi) is 4.66. The second-order valence-corrected chi connectivity index (χ2v) is 6.49. The zero-order chi connectivity index (χ0) is 16.2. The van der Waals surface area contributed by atoms with E-state index in [1.807, 2.05) is 12.1 Å². The highest BCUT2D eigenvalue weighted by Gasteiger charge is 2.26. The second-order valence-electron chi connectivity index (χ2n) is 5.41. The maximum absolute atomic E-state index is 12.2. The number of rotatable bonds is 4. The number of amides is 2. The first-order chi connectivity index (χ1) is 11.1. The lowest BCUT2D eigenvalue weighted by Crippen LogP contribution is -2.33. The zero-order valence-electron chi connectivity index (χ0n) is 12.9. The summed E-state index contributed by atoms with van der Waals surface area (Å²) < 4.78 is 0. The molecule has 7 heteroatoms. The number of fused-ring (bicyclic) bond motifs is 1. The van der Waals surface area contributed by atoms with Gasteiger partial charge in [0.1, 0.15) is 5.82 Å². The summed E-state index contributed by atoms with van der Waals surface area (Å²) >= 11 is 1.38. The smallest absolute Gasteiger partial charge is 0.280 e. The molecule has 1 aliphatic heterocycles. The average molecular weight is 330 g/mol. The van der Waals surface area contributed by atoms with E-state index >= 15 is 0 Å². The molecule has 0 unspecified atom stereocenters. The van der Waals surface area contributed by atoms with Crippen molar-refractivity contribution < 1.29 is 9.59 Å². The molecule has 120 valence electrons.